The van der Waals surface area contributed by atoms with Crippen LogP contribution < -0.4 is 11.2 Å². The molecule has 5 nitrogen and oxygen atoms in total. The Hall–Kier alpha value is -1.76. The zero-order chi connectivity index (χ0) is 12.6. The van der Waals surface area contributed by atoms with Crippen molar-refractivity contribution in [1.82, 2.24) is 9.55 Å². The molecule has 0 saturated carbocycles. The molecule has 7 heteroatoms. The number of ether oxygens (including phenoxy) is 1. The van der Waals surface area contributed by atoms with Gasteiger partial charge >= 0.3 is 5.69 Å². The monoisotopic (exact) mass is 244 g/mol. The fraction of sp³-hybridized carbons (Fsp3) is 0.400. The van der Waals surface area contributed by atoms with E-state index in [1.807, 2.05) is 0 Å². The maximum Gasteiger partial charge on any atom is 0.332 e. The number of hydrogen-bond acceptors (Lipinski definition) is 3. The second-order valence-electron chi connectivity index (χ2n) is 3.73. The Bertz CT molecular complexity index is 565. The smallest absolute Gasteiger partial charge is 0.321 e. The molecule has 1 aromatic heterocycles. The van der Waals surface area contributed by atoms with E-state index in [1.165, 1.54) is 6.08 Å². The van der Waals surface area contributed by atoms with Crippen LogP contribution in [0.1, 0.15) is 12.8 Å². The lowest BCUT2D eigenvalue weighted by molar-refractivity contribution is -0.190. The van der Waals surface area contributed by atoms with E-state index in [9.17, 15) is 18.4 Å². The molecule has 0 aliphatic carbocycles. The number of H-pyrrole nitrogens is 1. The summed E-state index contributed by atoms with van der Waals surface area (Å²) in [6.45, 7) is 3.45. The van der Waals surface area contributed by atoms with E-state index in [-0.39, 0.29) is 6.42 Å². The summed E-state index contributed by atoms with van der Waals surface area (Å²) in [6, 6.07) is 0. The minimum atomic E-state index is -2.44. The van der Waals surface area contributed by atoms with Gasteiger partial charge in [-0.3, -0.25) is 9.78 Å². The third-order valence-electron chi connectivity index (χ3n) is 2.59. The Morgan fingerprint density at radius 1 is 1.65 bits per heavy atom. The van der Waals surface area contributed by atoms with E-state index in [2.05, 4.69) is 6.58 Å². The van der Waals surface area contributed by atoms with E-state index in [0.29, 0.717) is 17.2 Å². The third-order valence-corrected chi connectivity index (χ3v) is 2.59. The molecule has 0 spiro atoms. The molecule has 92 valence electrons. The van der Waals surface area contributed by atoms with Gasteiger partial charge in [-0.25, -0.2) is 9.36 Å². The van der Waals surface area contributed by atoms with E-state index in [4.69, 9.17) is 4.74 Å². The standard InChI is InChI=1S/C10H10F2N2O3/c1-2-6-3-4-10(12,17-6)14-5-7(11)8(15)13-9(14)16/h2,5-6H,1,3-4H2,(H,13,15,16). The van der Waals surface area contributed by atoms with Gasteiger partial charge in [-0.1, -0.05) is 6.08 Å². The zero-order valence-corrected chi connectivity index (χ0v) is 8.78. The summed E-state index contributed by atoms with van der Waals surface area (Å²) in [5.41, 5.74) is -2.24. The van der Waals surface area contributed by atoms with Gasteiger partial charge in [0.2, 0.25) is 5.82 Å². The van der Waals surface area contributed by atoms with Gasteiger partial charge in [-0.05, 0) is 6.42 Å². The normalized spacial score (nSPS) is 28.2. The summed E-state index contributed by atoms with van der Waals surface area (Å²) in [5, 5.41) is 0. The molecule has 2 heterocycles. The van der Waals surface area contributed by atoms with Crippen LogP contribution in [0.4, 0.5) is 8.78 Å². The molecule has 1 N–H and O–H groups in total. The van der Waals surface area contributed by atoms with Gasteiger partial charge < -0.3 is 4.74 Å². The second-order valence-corrected chi connectivity index (χ2v) is 3.73. The summed E-state index contributed by atoms with van der Waals surface area (Å²) < 4.78 is 32.6. The molecule has 2 rings (SSSR count). The number of aromatic nitrogens is 2. The van der Waals surface area contributed by atoms with Gasteiger partial charge in [0.05, 0.1) is 12.3 Å². The highest BCUT2D eigenvalue weighted by Crippen LogP contribution is 2.35. The van der Waals surface area contributed by atoms with Crippen LogP contribution in [-0.2, 0) is 10.7 Å². The molecule has 1 fully saturated rings. The minimum Gasteiger partial charge on any atom is -0.321 e. The predicted molar refractivity (Wildman–Crippen MR) is 54.7 cm³/mol. The van der Waals surface area contributed by atoms with Gasteiger partial charge in [0, 0.05) is 6.42 Å². The van der Waals surface area contributed by atoms with Crippen LogP contribution in [0.5, 0.6) is 0 Å². The molecule has 2 atom stereocenters. The fourth-order valence-corrected chi connectivity index (χ4v) is 1.71. The van der Waals surface area contributed by atoms with Crippen molar-refractivity contribution in [3.05, 3.63) is 45.5 Å². The Kier molecular flexibility index (Phi) is 2.70. The highest BCUT2D eigenvalue weighted by molar-refractivity contribution is 4.94. The summed E-state index contributed by atoms with van der Waals surface area (Å²) in [7, 11) is 0. The van der Waals surface area contributed by atoms with Crippen molar-refractivity contribution in [2.24, 2.45) is 0 Å². The first-order valence-electron chi connectivity index (χ1n) is 4.97. The molecular formula is C10H10F2N2O3. The van der Waals surface area contributed by atoms with E-state index in [1.54, 1.807) is 4.98 Å². The second kappa shape index (κ2) is 3.92. The summed E-state index contributed by atoms with van der Waals surface area (Å²) in [6.07, 6.45) is 1.57. The molecule has 17 heavy (non-hydrogen) atoms. The van der Waals surface area contributed by atoms with Crippen molar-refractivity contribution < 1.29 is 13.5 Å². The topological polar surface area (TPSA) is 64.1 Å². The van der Waals surface area contributed by atoms with Crippen LogP contribution >= 0.6 is 0 Å². The largest absolute Gasteiger partial charge is 0.332 e. The van der Waals surface area contributed by atoms with Gasteiger partial charge in [0.1, 0.15) is 0 Å². The molecule has 0 amide bonds. The lowest BCUT2D eigenvalue weighted by Crippen LogP contribution is -2.42. The quantitative estimate of drug-likeness (QED) is 0.776. The zero-order valence-electron chi connectivity index (χ0n) is 8.78. The van der Waals surface area contributed by atoms with Crippen LogP contribution in [0.25, 0.3) is 0 Å². The molecule has 1 saturated heterocycles. The van der Waals surface area contributed by atoms with Crippen LogP contribution in [0.2, 0.25) is 0 Å². The molecule has 0 aromatic carbocycles. The lowest BCUT2D eigenvalue weighted by Gasteiger charge is -2.21. The summed E-state index contributed by atoms with van der Waals surface area (Å²) >= 11 is 0. The van der Waals surface area contributed by atoms with Gasteiger partial charge in [-0.15, -0.1) is 6.58 Å². The maximum absolute atomic E-state index is 14.3. The number of aromatic amines is 1. The number of alkyl halides is 1. The molecule has 1 aliphatic rings. The Morgan fingerprint density at radius 2 is 2.35 bits per heavy atom. The number of rotatable bonds is 2. The van der Waals surface area contributed by atoms with E-state index >= 15 is 0 Å². The Morgan fingerprint density at radius 3 is 2.94 bits per heavy atom. The van der Waals surface area contributed by atoms with Crippen LogP contribution in [0, 0.1) is 5.82 Å². The molecule has 1 aromatic rings. The Balaban J connectivity index is 2.48. The van der Waals surface area contributed by atoms with E-state index < -0.39 is 29.1 Å². The third kappa shape index (κ3) is 1.93. The van der Waals surface area contributed by atoms with Crippen molar-refractivity contribution in [2.75, 3.05) is 0 Å². The predicted octanol–water partition coefficient (Wildman–Crippen LogP) is 0.620. The molecular weight excluding hydrogens is 234 g/mol. The average molecular weight is 244 g/mol. The molecule has 2 unspecified atom stereocenters. The van der Waals surface area contributed by atoms with Crippen LogP contribution in [-0.4, -0.2) is 15.7 Å². The minimum absolute atomic E-state index is 0.116. The van der Waals surface area contributed by atoms with Gasteiger partial charge in [-0.2, -0.15) is 8.78 Å². The van der Waals surface area contributed by atoms with Crippen molar-refractivity contribution in [2.45, 2.75) is 24.9 Å². The Labute approximate surface area is 94.3 Å². The first-order valence-corrected chi connectivity index (χ1v) is 4.97. The SMILES string of the molecule is C=CC1CCC(F)(n2cc(F)c(=O)[nH]c2=O)O1. The number of nitrogens with one attached hydrogen (secondary N) is 1. The van der Waals surface area contributed by atoms with Crippen molar-refractivity contribution in [3.8, 4) is 0 Å². The first-order chi connectivity index (χ1) is 7.96. The average Bonchev–Trinajstić information content (AvgIpc) is 2.66. The van der Waals surface area contributed by atoms with E-state index in [0.717, 1.165) is 0 Å². The maximum atomic E-state index is 14.3. The van der Waals surface area contributed by atoms with Crippen LogP contribution in [0.3, 0.4) is 0 Å². The van der Waals surface area contributed by atoms with Crippen molar-refractivity contribution in [3.63, 3.8) is 0 Å². The molecule has 1 aliphatic heterocycles. The fourth-order valence-electron chi connectivity index (χ4n) is 1.71. The highest BCUT2D eigenvalue weighted by atomic mass is 19.2. The summed E-state index contributed by atoms with van der Waals surface area (Å²) in [5.74, 6) is -3.69. The molecule has 0 bridgehead atoms. The van der Waals surface area contributed by atoms with Crippen molar-refractivity contribution >= 4 is 0 Å². The van der Waals surface area contributed by atoms with Gasteiger partial charge in [0.25, 0.3) is 11.5 Å². The molecule has 0 radical (unpaired) electrons. The number of nitrogens with zero attached hydrogens (tertiary/aromatic N) is 1. The number of hydrogen-bond donors (Lipinski definition) is 1. The first kappa shape index (κ1) is 11.7. The summed E-state index contributed by atoms with van der Waals surface area (Å²) in [4.78, 5) is 23.9. The highest BCUT2D eigenvalue weighted by Gasteiger charge is 2.42. The number of halogens is 2. The van der Waals surface area contributed by atoms with Crippen molar-refractivity contribution in [1.29, 1.82) is 0 Å². The van der Waals surface area contributed by atoms with Gasteiger partial charge in [0.15, 0.2) is 0 Å². The van der Waals surface area contributed by atoms with Crippen LogP contribution in [0.15, 0.2) is 28.4 Å². The lowest BCUT2D eigenvalue weighted by atomic mass is 10.2.